The first-order valence-corrected chi connectivity index (χ1v) is 9.42. The predicted octanol–water partition coefficient (Wildman–Crippen LogP) is 3.21. The molecule has 7 heteroatoms. The number of aryl methyl sites for hydroxylation is 1. The highest BCUT2D eigenvalue weighted by Crippen LogP contribution is 2.17. The van der Waals surface area contributed by atoms with Crippen LogP contribution in [0.25, 0.3) is 0 Å². The molecule has 3 aromatic rings. The maximum absolute atomic E-state index is 12.4. The second-order valence-electron chi connectivity index (χ2n) is 6.75. The monoisotopic (exact) mass is 395 g/mol. The van der Waals surface area contributed by atoms with E-state index in [1.807, 2.05) is 55.5 Å². The van der Waals surface area contributed by atoms with Crippen LogP contribution in [0.2, 0.25) is 0 Å². The van der Waals surface area contributed by atoms with E-state index in [0.717, 1.165) is 22.6 Å². The van der Waals surface area contributed by atoms with Gasteiger partial charge in [0.1, 0.15) is 11.5 Å². The van der Waals surface area contributed by atoms with Gasteiger partial charge in [0.05, 0.1) is 13.5 Å². The number of likely N-dealkylation sites (N-methyl/N-ethyl adjacent to an activating group) is 1. The third-order valence-corrected chi connectivity index (χ3v) is 4.57. The van der Waals surface area contributed by atoms with Crippen LogP contribution < -0.4 is 9.47 Å². The van der Waals surface area contributed by atoms with Gasteiger partial charge in [-0.1, -0.05) is 35.5 Å². The number of carbonyl (C=O) groups excluding carboxylic acids is 1. The minimum absolute atomic E-state index is 0.0294. The molecule has 0 saturated carbocycles. The average Bonchev–Trinajstić information content (AvgIpc) is 3.20. The molecule has 1 aromatic heterocycles. The van der Waals surface area contributed by atoms with Crippen molar-refractivity contribution in [3.63, 3.8) is 0 Å². The summed E-state index contributed by atoms with van der Waals surface area (Å²) >= 11 is 0. The molecule has 7 nitrogen and oxygen atoms in total. The number of methoxy groups -OCH3 is 1. The van der Waals surface area contributed by atoms with Crippen LogP contribution in [0.3, 0.4) is 0 Å². The summed E-state index contributed by atoms with van der Waals surface area (Å²) in [4.78, 5) is 18.4. The highest BCUT2D eigenvalue weighted by Gasteiger charge is 2.13. The Morgan fingerprint density at radius 1 is 1.14 bits per heavy atom. The fourth-order valence-electron chi connectivity index (χ4n) is 2.75. The van der Waals surface area contributed by atoms with Crippen molar-refractivity contribution in [3.05, 3.63) is 71.4 Å². The van der Waals surface area contributed by atoms with E-state index in [9.17, 15) is 4.79 Å². The Labute approximate surface area is 170 Å². The summed E-state index contributed by atoms with van der Waals surface area (Å²) in [5.74, 6) is 2.56. The van der Waals surface area contributed by atoms with Gasteiger partial charge in [0.25, 0.3) is 5.89 Å². The largest absolute Gasteiger partial charge is 0.497 e. The molecule has 152 valence electrons. The number of amides is 1. The minimum Gasteiger partial charge on any atom is -0.497 e. The smallest absolute Gasteiger partial charge is 0.264 e. The van der Waals surface area contributed by atoms with E-state index >= 15 is 0 Å². The molecule has 0 unspecified atom stereocenters. The number of para-hydroxylation sites is 1. The van der Waals surface area contributed by atoms with Crippen LogP contribution in [0.4, 0.5) is 0 Å². The SMILES string of the molecule is COc1ccc(CC(=O)N(C)CCc2noc(COc3ccccc3C)n2)cc1. The van der Waals surface area contributed by atoms with Gasteiger partial charge in [-0.2, -0.15) is 4.98 Å². The van der Waals surface area contributed by atoms with Gasteiger partial charge in [-0.3, -0.25) is 4.79 Å². The van der Waals surface area contributed by atoms with E-state index in [-0.39, 0.29) is 12.5 Å². The molecule has 3 rings (SSSR count). The molecule has 0 N–H and O–H groups in total. The predicted molar refractivity (Wildman–Crippen MR) is 108 cm³/mol. The van der Waals surface area contributed by atoms with Gasteiger partial charge in [-0.25, -0.2) is 0 Å². The number of rotatable bonds is 9. The van der Waals surface area contributed by atoms with Crippen molar-refractivity contribution in [2.24, 2.45) is 0 Å². The lowest BCUT2D eigenvalue weighted by molar-refractivity contribution is -0.129. The lowest BCUT2D eigenvalue weighted by Gasteiger charge is -2.16. The summed E-state index contributed by atoms with van der Waals surface area (Å²) in [6, 6.07) is 15.2. The van der Waals surface area contributed by atoms with Crippen LogP contribution in [0, 0.1) is 6.92 Å². The molecule has 0 spiro atoms. The topological polar surface area (TPSA) is 77.7 Å². The van der Waals surface area contributed by atoms with E-state index in [4.69, 9.17) is 14.0 Å². The summed E-state index contributed by atoms with van der Waals surface area (Å²) in [6.45, 7) is 2.70. The van der Waals surface area contributed by atoms with Crippen molar-refractivity contribution >= 4 is 5.91 Å². The van der Waals surface area contributed by atoms with E-state index in [1.54, 1.807) is 19.1 Å². The van der Waals surface area contributed by atoms with Crippen LogP contribution in [-0.2, 0) is 24.2 Å². The van der Waals surface area contributed by atoms with Crippen LogP contribution in [0.1, 0.15) is 22.8 Å². The van der Waals surface area contributed by atoms with Gasteiger partial charge in [-0.05, 0) is 36.2 Å². The lowest BCUT2D eigenvalue weighted by Crippen LogP contribution is -2.30. The number of nitrogens with zero attached hydrogens (tertiary/aromatic N) is 3. The molecule has 0 aliphatic heterocycles. The standard InChI is InChI=1S/C22H25N3O4/c1-16-6-4-5-7-19(16)28-15-21-23-20(24-29-21)12-13-25(2)22(26)14-17-8-10-18(27-3)11-9-17/h4-11H,12-15H2,1-3H3. The maximum atomic E-state index is 12.4. The van der Waals surface area contributed by atoms with Crippen molar-refractivity contribution in [2.45, 2.75) is 26.4 Å². The van der Waals surface area contributed by atoms with Gasteiger partial charge >= 0.3 is 0 Å². The van der Waals surface area contributed by atoms with E-state index in [0.29, 0.717) is 31.1 Å². The number of hydrogen-bond acceptors (Lipinski definition) is 6. The van der Waals surface area contributed by atoms with Gasteiger partial charge in [0, 0.05) is 20.0 Å². The summed E-state index contributed by atoms with van der Waals surface area (Å²) in [7, 11) is 3.39. The molecule has 2 aromatic carbocycles. The van der Waals surface area contributed by atoms with Gasteiger partial charge in [-0.15, -0.1) is 0 Å². The molecule has 0 aliphatic carbocycles. The van der Waals surface area contributed by atoms with Crippen molar-refractivity contribution in [2.75, 3.05) is 20.7 Å². The quantitative estimate of drug-likeness (QED) is 0.554. The summed E-state index contributed by atoms with van der Waals surface area (Å²) in [5, 5.41) is 3.97. The second kappa shape index (κ2) is 9.73. The number of carbonyl (C=O) groups is 1. The number of ether oxygens (including phenoxy) is 2. The first-order chi connectivity index (χ1) is 14.0. The Hall–Kier alpha value is -3.35. The Morgan fingerprint density at radius 2 is 1.90 bits per heavy atom. The van der Waals surface area contributed by atoms with E-state index in [1.165, 1.54) is 0 Å². The van der Waals surface area contributed by atoms with Crippen LogP contribution in [0.5, 0.6) is 11.5 Å². The molecule has 1 heterocycles. The third-order valence-electron chi connectivity index (χ3n) is 4.57. The first-order valence-electron chi connectivity index (χ1n) is 9.42. The third kappa shape index (κ3) is 5.81. The summed E-state index contributed by atoms with van der Waals surface area (Å²) in [5.41, 5.74) is 1.99. The van der Waals surface area contributed by atoms with Crippen LogP contribution >= 0.6 is 0 Å². The van der Waals surface area contributed by atoms with E-state index in [2.05, 4.69) is 10.1 Å². The maximum Gasteiger partial charge on any atom is 0.264 e. The van der Waals surface area contributed by atoms with Crippen molar-refractivity contribution in [3.8, 4) is 11.5 Å². The zero-order valence-corrected chi connectivity index (χ0v) is 16.9. The highest BCUT2D eigenvalue weighted by molar-refractivity contribution is 5.78. The Bertz CT molecular complexity index is 937. The second-order valence-corrected chi connectivity index (χ2v) is 6.75. The zero-order chi connectivity index (χ0) is 20.6. The number of aromatic nitrogens is 2. The first kappa shape index (κ1) is 20.4. The lowest BCUT2D eigenvalue weighted by atomic mass is 10.1. The zero-order valence-electron chi connectivity index (χ0n) is 16.9. The average molecular weight is 395 g/mol. The Morgan fingerprint density at radius 3 is 2.62 bits per heavy atom. The molecule has 0 atom stereocenters. The molecule has 0 fully saturated rings. The number of benzene rings is 2. The molecule has 29 heavy (non-hydrogen) atoms. The van der Waals surface area contributed by atoms with Crippen molar-refractivity contribution < 1.29 is 18.8 Å². The summed E-state index contributed by atoms with van der Waals surface area (Å²) in [6.07, 6.45) is 0.848. The van der Waals surface area contributed by atoms with E-state index < -0.39 is 0 Å². The fourth-order valence-corrected chi connectivity index (χ4v) is 2.75. The van der Waals surface area contributed by atoms with Crippen molar-refractivity contribution in [1.82, 2.24) is 15.0 Å². The summed E-state index contributed by atoms with van der Waals surface area (Å²) < 4.78 is 16.1. The van der Waals surface area contributed by atoms with Gasteiger partial charge < -0.3 is 18.9 Å². The van der Waals surface area contributed by atoms with Crippen LogP contribution in [0.15, 0.2) is 53.1 Å². The molecular weight excluding hydrogens is 370 g/mol. The van der Waals surface area contributed by atoms with Gasteiger partial charge in [0.15, 0.2) is 12.4 Å². The van der Waals surface area contributed by atoms with Crippen LogP contribution in [-0.4, -0.2) is 41.6 Å². The molecule has 0 aliphatic rings. The Balaban J connectivity index is 1.45. The normalized spacial score (nSPS) is 10.6. The molecule has 1 amide bonds. The minimum atomic E-state index is 0.0294. The molecular formula is C22H25N3O4. The molecule has 0 saturated heterocycles. The fraction of sp³-hybridized carbons (Fsp3) is 0.318. The molecule has 0 bridgehead atoms. The number of hydrogen-bond donors (Lipinski definition) is 0. The highest BCUT2D eigenvalue weighted by atomic mass is 16.5. The van der Waals surface area contributed by atoms with Gasteiger partial charge in [0.2, 0.25) is 5.91 Å². The molecule has 0 radical (unpaired) electrons. The van der Waals surface area contributed by atoms with Crippen molar-refractivity contribution in [1.29, 1.82) is 0 Å². The Kier molecular flexibility index (Phi) is 6.84.